The molecule has 0 N–H and O–H groups in total. The number of fused-ring (bicyclic) bond motifs is 3. The lowest BCUT2D eigenvalue weighted by Gasteiger charge is -2.35. The van der Waals surface area contributed by atoms with Crippen molar-refractivity contribution in [2.45, 2.75) is 45.1 Å². The third kappa shape index (κ3) is 3.48. The van der Waals surface area contributed by atoms with Gasteiger partial charge in [-0.05, 0) is 65.5 Å². The minimum Gasteiger partial charge on any atom is -0.435 e. The summed E-state index contributed by atoms with van der Waals surface area (Å²) in [6, 6.07) is 16.2. The highest BCUT2D eigenvalue weighted by Crippen LogP contribution is 2.45. The van der Waals surface area contributed by atoms with E-state index >= 15 is 0 Å². The Morgan fingerprint density at radius 3 is 2.50 bits per heavy atom. The summed E-state index contributed by atoms with van der Waals surface area (Å²) in [5.41, 5.74) is 3.53. The Kier molecular flexibility index (Phi) is 5.29. The van der Waals surface area contributed by atoms with Crippen LogP contribution in [-0.2, 0) is 6.42 Å². The number of rotatable bonds is 5. The summed E-state index contributed by atoms with van der Waals surface area (Å²) in [4.78, 5) is 0. The molecule has 1 nitrogen and oxygen atoms in total. The van der Waals surface area contributed by atoms with Crippen LogP contribution >= 0.6 is 0 Å². The molecule has 1 aliphatic rings. The Morgan fingerprint density at radius 2 is 1.79 bits per heavy atom. The lowest BCUT2D eigenvalue weighted by Crippen LogP contribution is -2.22. The lowest BCUT2D eigenvalue weighted by atomic mass is 9.69. The maximum Gasteiger partial charge on any atom is 0.387 e. The Hall–Kier alpha value is -2.49. The second kappa shape index (κ2) is 7.86. The number of hydrogen-bond acceptors (Lipinski definition) is 1. The van der Waals surface area contributed by atoms with Gasteiger partial charge in [-0.25, -0.2) is 4.39 Å². The molecule has 28 heavy (non-hydrogen) atoms. The van der Waals surface area contributed by atoms with Crippen molar-refractivity contribution in [1.82, 2.24) is 0 Å². The number of aryl methyl sites for hydroxylation is 1. The normalized spacial score (nSPS) is 19.0. The van der Waals surface area contributed by atoms with Crippen molar-refractivity contribution in [3.8, 4) is 5.75 Å². The molecule has 0 saturated heterocycles. The Morgan fingerprint density at radius 1 is 1.00 bits per heavy atom. The van der Waals surface area contributed by atoms with Crippen LogP contribution in [0.5, 0.6) is 5.75 Å². The molecule has 0 aliphatic heterocycles. The highest BCUT2D eigenvalue weighted by Gasteiger charge is 2.31. The van der Waals surface area contributed by atoms with Crippen molar-refractivity contribution >= 4 is 10.8 Å². The molecule has 4 rings (SSSR count). The van der Waals surface area contributed by atoms with Crippen molar-refractivity contribution in [3.05, 3.63) is 77.1 Å². The predicted molar refractivity (Wildman–Crippen MR) is 106 cm³/mol. The zero-order chi connectivity index (χ0) is 19.7. The largest absolute Gasteiger partial charge is 0.435 e. The van der Waals surface area contributed by atoms with E-state index in [0.717, 1.165) is 36.6 Å². The maximum absolute atomic E-state index is 14.2. The monoisotopic (exact) mass is 384 g/mol. The van der Waals surface area contributed by atoms with Gasteiger partial charge in [0.05, 0.1) is 0 Å². The molecule has 0 saturated carbocycles. The molecule has 2 unspecified atom stereocenters. The fourth-order valence-electron chi connectivity index (χ4n) is 4.71. The minimum atomic E-state index is -2.82. The summed E-state index contributed by atoms with van der Waals surface area (Å²) in [5.74, 6) is 0.630. The standard InChI is InChI=1S/C24H23F3O/c1-2-4-15-9-12-19-18-5-3-6-22(25)20(18)13-14-21(19)23(15)16-7-10-17(11-8-16)28-24(26)27/h3,5-8,10-11,13-15,23-24H,2,4,9,12H2,1H3. The average molecular weight is 384 g/mol. The van der Waals surface area contributed by atoms with Crippen LogP contribution in [0.15, 0.2) is 54.6 Å². The minimum absolute atomic E-state index is 0.169. The van der Waals surface area contributed by atoms with E-state index in [-0.39, 0.29) is 17.5 Å². The number of alkyl halides is 2. The Labute approximate surface area is 163 Å². The molecule has 0 spiro atoms. The summed E-state index contributed by atoms with van der Waals surface area (Å²) in [5, 5.41) is 1.64. The lowest BCUT2D eigenvalue weighted by molar-refractivity contribution is -0.0498. The van der Waals surface area contributed by atoms with E-state index < -0.39 is 6.61 Å². The van der Waals surface area contributed by atoms with E-state index in [1.807, 2.05) is 24.3 Å². The van der Waals surface area contributed by atoms with Crippen LogP contribution in [0.1, 0.15) is 48.8 Å². The molecule has 0 aromatic heterocycles. The molecule has 1 aliphatic carbocycles. The van der Waals surface area contributed by atoms with Crippen LogP contribution in [0.3, 0.4) is 0 Å². The molecule has 0 bridgehead atoms. The molecule has 146 valence electrons. The van der Waals surface area contributed by atoms with E-state index in [9.17, 15) is 13.2 Å². The van der Waals surface area contributed by atoms with Gasteiger partial charge in [-0.15, -0.1) is 0 Å². The molecule has 0 fully saturated rings. The molecule has 4 heteroatoms. The molecule has 0 radical (unpaired) electrons. The van der Waals surface area contributed by atoms with Crippen LogP contribution in [0.25, 0.3) is 10.8 Å². The van der Waals surface area contributed by atoms with Gasteiger partial charge in [0.2, 0.25) is 0 Å². The Bertz CT molecular complexity index is 965. The number of halogens is 3. The van der Waals surface area contributed by atoms with Crippen LogP contribution in [-0.4, -0.2) is 6.61 Å². The summed E-state index contributed by atoms with van der Waals surface area (Å²) in [6.45, 7) is -0.641. The topological polar surface area (TPSA) is 9.23 Å². The Balaban J connectivity index is 1.80. The summed E-state index contributed by atoms with van der Waals surface area (Å²) in [7, 11) is 0. The molecule has 0 heterocycles. The summed E-state index contributed by atoms with van der Waals surface area (Å²) < 4.78 is 43.7. The quantitative estimate of drug-likeness (QED) is 0.457. The van der Waals surface area contributed by atoms with Crippen molar-refractivity contribution in [2.75, 3.05) is 0 Å². The molecule has 3 aromatic carbocycles. The molecule has 2 atom stereocenters. The van der Waals surface area contributed by atoms with Gasteiger partial charge < -0.3 is 4.74 Å². The average Bonchev–Trinajstić information content (AvgIpc) is 2.68. The third-order valence-corrected chi connectivity index (χ3v) is 5.85. The predicted octanol–water partition coefficient (Wildman–Crippen LogP) is 7.07. The zero-order valence-corrected chi connectivity index (χ0v) is 15.8. The smallest absolute Gasteiger partial charge is 0.387 e. The van der Waals surface area contributed by atoms with Gasteiger partial charge in [-0.1, -0.05) is 49.7 Å². The van der Waals surface area contributed by atoms with E-state index in [1.165, 1.54) is 17.2 Å². The molecular weight excluding hydrogens is 361 g/mol. The molecule has 0 amide bonds. The van der Waals surface area contributed by atoms with Crippen LogP contribution in [0, 0.1) is 11.7 Å². The van der Waals surface area contributed by atoms with Gasteiger partial charge >= 0.3 is 6.61 Å². The van der Waals surface area contributed by atoms with Crippen molar-refractivity contribution in [3.63, 3.8) is 0 Å². The number of ether oxygens (including phenoxy) is 1. The van der Waals surface area contributed by atoms with E-state index in [1.54, 1.807) is 18.2 Å². The fraction of sp³-hybridized carbons (Fsp3) is 0.333. The fourth-order valence-corrected chi connectivity index (χ4v) is 4.71. The van der Waals surface area contributed by atoms with Gasteiger partial charge in [0.25, 0.3) is 0 Å². The first-order valence-corrected chi connectivity index (χ1v) is 9.83. The van der Waals surface area contributed by atoms with Crippen LogP contribution < -0.4 is 4.74 Å². The highest BCUT2D eigenvalue weighted by molar-refractivity contribution is 5.88. The summed E-state index contributed by atoms with van der Waals surface area (Å²) in [6.07, 6.45) is 4.16. The van der Waals surface area contributed by atoms with Gasteiger partial charge in [-0.3, -0.25) is 0 Å². The van der Waals surface area contributed by atoms with Crippen molar-refractivity contribution < 1.29 is 17.9 Å². The number of hydrogen-bond donors (Lipinski definition) is 0. The number of benzene rings is 3. The van der Waals surface area contributed by atoms with Crippen LogP contribution in [0.2, 0.25) is 0 Å². The van der Waals surface area contributed by atoms with E-state index in [2.05, 4.69) is 17.7 Å². The molecular formula is C24H23F3O. The van der Waals surface area contributed by atoms with Gasteiger partial charge in [0.1, 0.15) is 11.6 Å². The first-order chi connectivity index (χ1) is 13.6. The van der Waals surface area contributed by atoms with Crippen molar-refractivity contribution in [2.24, 2.45) is 5.92 Å². The highest BCUT2D eigenvalue weighted by atomic mass is 19.3. The van der Waals surface area contributed by atoms with Gasteiger partial charge in [0.15, 0.2) is 0 Å². The third-order valence-electron chi connectivity index (χ3n) is 5.85. The van der Waals surface area contributed by atoms with Crippen LogP contribution in [0.4, 0.5) is 13.2 Å². The van der Waals surface area contributed by atoms with Gasteiger partial charge in [-0.2, -0.15) is 8.78 Å². The SMILES string of the molecule is CCCC1CCc2c(ccc3c(F)cccc23)C1c1ccc(OC(F)F)cc1. The first kappa shape index (κ1) is 18.9. The van der Waals surface area contributed by atoms with Crippen molar-refractivity contribution in [1.29, 1.82) is 0 Å². The zero-order valence-electron chi connectivity index (χ0n) is 15.8. The van der Waals surface area contributed by atoms with E-state index in [4.69, 9.17) is 0 Å². The molecule has 3 aromatic rings. The summed E-state index contributed by atoms with van der Waals surface area (Å²) >= 11 is 0. The second-order valence-corrected chi connectivity index (χ2v) is 7.48. The van der Waals surface area contributed by atoms with Gasteiger partial charge in [0, 0.05) is 11.3 Å². The maximum atomic E-state index is 14.2. The first-order valence-electron chi connectivity index (χ1n) is 9.83. The van der Waals surface area contributed by atoms with E-state index in [0.29, 0.717) is 11.3 Å². The second-order valence-electron chi connectivity index (χ2n) is 7.48.